The van der Waals surface area contributed by atoms with Gasteiger partial charge in [0.25, 0.3) is 0 Å². The van der Waals surface area contributed by atoms with Gasteiger partial charge in [0.15, 0.2) is 11.7 Å². The average Bonchev–Trinajstić information content (AvgIpc) is 3.39. The molecule has 4 aromatic rings. The van der Waals surface area contributed by atoms with E-state index in [4.69, 9.17) is 4.42 Å². The van der Waals surface area contributed by atoms with E-state index in [1.54, 1.807) is 29.2 Å². The summed E-state index contributed by atoms with van der Waals surface area (Å²) in [7, 11) is 0. The van der Waals surface area contributed by atoms with E-state index in [2.05, 4.69) is 15.4 Å². The van der Waals surface area contributed by atoms with E-state index in [9.17, 15) is 13.6 Å². The van der Waals surface area contributed by atoms with Gasteiger partial charge >= 0.3 is 0 Å². The van der Waals surface area contributed by atoms with Gasteiger partial charge in [-0.2, -0.15) is 5.10 Å². The Morgan fingerprint density at radius 3 is 2.79 bits per heavy atom. The van der Waals surface area contributed by atoms with Crippen LogP contribution in [0.2, 0.25) is 0 Å². The van der Waals surface area contributed by atoms with Crippen molar-refractivity contribution in [2.75, 3.05) is 5.32 Å². The van der Waals surface area contributed by atoms with Gasteiger partial charge in [-0.25, -0.2) is 18.4 Å². The maximum atomic E-state index is 13.9. The number of anilines is 1. The number of carbonyl (C=O) groups is 1. The van der Waals surface area contributed by atoms with Crippen LogP contribution in [0.1, 0.15) is 12.3 Å². The molecule has 2 heterocycles. The molecule has 6 nitrogen and oxygen atoms in total. The molecule has 29 heavy (non-hydrogen) atoms. The standard InChI is InChI=1S/C21H16F2N4O2/c22-14-6-7-15(16(23)12-14)19-13-24-21(29-19)9-8-20(28)26-17-4-1-2-5-18(17)27-11-3-10-25-27/h1-7,10-13H,8-9H2,(H,26,28). The first-order chi connectivity index (χ1) is 14.1. The second-order valence-corrected chi connectivity index (χ2v) is 6.26. The number of nitrogens with one attached hydrogen (secondary N) is 1. The Hall–Kier alpha value is -3.81. The topological polar surface area (TPSA) is 73.0 Å². The molecule has 0 spiro atoms. The fourth-order valence-corrected chi connectivity index (χ4v) is 2.86. The normalized spacial score (nSPS) is 10.8. The highest BCUT2D eigenvalue weighted by Crippen LogP contribution is 2.25. The van der Waals surface area contributed by atoms with Crippen molar-refractivity contribution < 1.29 is 18.0 Å². The molecule has 0 radical (unpaired) electrons. The summed E-state index contributed by atoms with van der Waals surface area (Å²) in [6.07, 6.45) is 5.16. The molecule has 0 saturated carbocycles. The summed E-state index contributed by atoms with van der Waals surface area (Å²) in [5.41, 5.74) is 1.49. The zero-order valence-electron chi connectivity index (χ0n) is 15.2. The second kappa shape index (κ2) is 8.05. The Kier molecular flexibility index (Phi) is 5.15. The van der Waals surface area contributed by atoms with Crippen molar-refractivity contribution in [3.8, 4) is 17.0 Å². The van der Waals surface area contributed by atoms with E-state index in [-0.39, 0.29) is 30.1 Å². The number of oxazole rings is 1. The van der Waals surface area contributed by atoms with Gasteiger partial charge in [-0.1, -0.05) is 12.1 Å². The van der Waals surface area contributed by atoms with Crippen molar-refractivity contribution in [3.63, 3.8) is 0 Å². The fraction of sp³-hybridized carbons (Fsp3) is 0.0952. The van der Waals surface area contributed by atoms with Gasteiger partial charge < -0.3 is 9.73 Å². The highest BCUT2D eigenvalue weighted by atomic mass is 19.1. The van der Waals surface area contributed by atoms with Crippen LogP contribution in [0, 0.1) is 11.6 Å². The van der Waals surface area contributed by atoms with Crippen LogP contribution in [0.5, 0.6) is 0 Å². The van der Waals surface area contributed by atoms with Crippen LogP contribution in [0.15, 0.2) is 71.5 Å². The minimum atomic E-state index is -0.735. The number of aryl methyl sites for hydroxylation is 1. The summed E-state index contributed by atoms with van der Waals surface area (Å²) in [5.74, 6) is -1.16. The monoisotopic (exact) mass is 394 g/mol. The van der Waals surface area contributed by atoms with Crippen molar-refractivity contribution in [3.05, 3.63) is 84.6 Å². The molecule has 2 aromatic carbocycles. The predicted octanol–water partition coefficient (Wildman–Crippen LogP) is 4.38. The molecule has 0 saturated heterocycles. The molecule has 0 aliphatic heterocycles. The molecule has 146 valence electrons. The number of halogens is 2. The molecule has 0 fully saturated rings. The van der Waals surface area contributed by atoms with Crippen molar-refractivity contribution in [2.45, 2.75) is 12.8 Å². The molecule has 0 unspecified atom stereocenters. The number of amides is 1. The maximum Gasteiger partial charge on any atom is 0.224 e. The molecule has 0 aliphatic rings. The van der Waals surface area contributed by atoms with Crippen LogP contribution in [0.3, 0.4) is 0 Å². The van der Waals surface area contributed by atoms with E-state index in [1.807, 2.05) is 18.2 Å². The second-order valence-electron chi connectivity index (χ2n) is 6.26. The number of hydrogen-bond donors (Lipinski definition) is 1. The highest BCUT2D eigenvalue weighted by molar-refractivity contribution is 5.92. The zero-order chi connectivity index (χ0) is 20.2. The molecular weight excluding hydrogens is 378 g/mol. The van der Waals surface area contributed by atoms with Crippen LogP contribution < -0.4 is 5.32 Å². The molecule has 0 aliphatic carbocycles. The number of aromatic nitrogens is 3. The maximum absolute atomic E-state index is 13.9. The molecule has 4 rings (SSSR count). The van der Waals surface area contributed by atoms with Crippen LogP contribution in [0.25, 0.3) is 17.0 Å². The lowest BCUT2D eigenvalue weighted by Crippen LogP contribution is -2.14. The minimum absolute atomic E-state index is 0.114. The quantitative estimate of drug-likeness (QED) is 0.527. The number of rotatable bonds is 6. The Morgan fingerprint density at radius 1 is 1.14 bits per heavy atom. The van der Waals surface area contributed by atoms with E-state index < -0.39 is 11.6 Å². The number of hydrogen-bond acceptors (Lipinski definition) is 4. The molecule has 0 atom stereocenters. The van der Waals surface area contributed by atoms with E-state index in [1.165, 1.54) is 12.3 Å². The van der Waals surface area contributed by atoms with Crippen LogP contribution in [0.4, 0.5) is 14.5 Å². The van der Waals surface area contributed by atoms with Crippen LogP contribution in [-0.2, 0) is 11.2 Å². The van der Waals surface area contributed by atoms with Gasteiger partial charge in [0, 0.05) is 31.3 Å². The Balaban J connectivity index is 1.41. The van der Waals surface area contributed by atoms with Crippen LogP contribution >= 0.6 is 0 Å². The van der Waals surface area contributed by atoms with Gasteiger partial charge in [0.1, 0.15) is 11.6 Å². The van der Waals surface area contributed by atoms with Crippen molar-refractivity contribution >= 4 is 11.6 Å². The highest BCUT2D eigenvalue weighted by Gasteiger charge is 2.14. The SMILES string of the molecule is O=C(CCc1ncc(-c2ccc(F)cc2F)o1)Nc1ccccc1-n1cccn1. The van der Waals surface area contributed by atoms with Crippen molar-refractivity contribution in [1.29, 1.82) is 0 Å². The molecule has 1 N–H and O–H groups in total. The Bertz CT molecular complexity index is 1140. The lowest BCUT2D eigenvalue weighted by atomic mass is 10.2. The smallest absolute Gasteiger partial charge is 0.224 e. The van der Waals surface area contributed by atoms with Gasteiger partial charge in [-0.3, -0.25) is 4.79 Å². The third-order valence-electron chi connectivity index (χ3n) is 4.25. The average molecular weight is 394 g/mol. The lowest BCUT2D eigenvalue weighted by Gasteiger charge is -2.10. The van der Waals surface area contributed by atoms with E-state index in [0.717, 1.165) is 17.8 Å². The van der Waals surface area contributed by atoms with Crippen molar-refractivity contribution in [1.82, 2.24) is 14.8 Å². The molecule has 2 aromatic heterocycles. The minimum Gasteiger partial charge on any atom is -0.441 e. The molecular formula is C21H16F2N4O2. The molecule has 8 heteroatoms. The third-order valence-corrected chi connectivity index (χ3v) is 4.25. The first-order valence-corrected chi connectivity index (χ1v) is 8.89. The molecule has 0 bridgehead atoms. The number of benzene rings is 2. The Morgan fingerprint density at radius 2 is 2.00 bits per heavy atom. The predicted molar refractivity (Wildman–Crippen MR) is 102 cm³/mol. The Labute approximate surface area is 164 Å². The van der Waals surface area contributed by atoms with Crippen molar-refractivity contribution in [2.24, 2.45) is 0 Å². The summed E-state index contributed by atoms with van der Waals surface area (Å²) < 4.78 is 34.1. The largest absolute Gasteiger partial charge is 0.441 e. The summed E-state index contributed by atoms with van der Waals surface area (Å²) in [4.78, 5) is 16.4. The van der Waals surface area contributed by atoms with Gasteiger partial charge in [-0.15, -0.1) is 0 Å². The third kappa shape index (κ3) is 4.21. The van der Waals surface area contributed by atoms with Gasteiger partial charge in [0.05, 0.1) is 23.1 Å². The fourth-order valence-electron chi connectivity index (χ4n) is 2.86. The first-order valence-electron chi connectivity index (χ1n) is 8.89. The number of para-hydroxylation sites is 2. The number of carbonyl (C=O) groups excluding carboxylic acids is 1. The number of nitrogens with zero attached hydrogens (tertiary/aromatic N) is 3. The molecule has 1 amide bonds. The summed E-state index contributed by atoms with van der Waals surface area (Å²) in [6.45, 7) is 0. The summed E-state index contributed by atoms with van der Waals surface area (Å²) >= 11 is 0. The lowest BCUT2D eigenvalue weighted by molar-refractivity contribution is -0.116. The van der Waals surface area contributed by atoms with Gasteiger partial charge in [-0.05, 0) is 30.3 Å². The van der Waals surface area contributed by atoms with Crippen LogP contribution in [-0.4, -0.2) is 20.7 Å². The zero-order valence-corrected chi connectivity index (χ0v) is 15.2. The summed E-state index contributed by atoms with van der Waals surface area (Å²) in [6, 6.07) is 12.3. The first kappa shape index (κ1) is 18.5. The summed E-state index contributed by atoms with van der Waals surface area (Å²) in [5, 5.41) is 7.03. The van der Waals surface area contributed by atoms with E-state index in [0.29, 0.717) is 11.6 Å². The van der Waals surface area contributed by atoms with E-state index >= 15 is 0 Å². The van der Waals surface area contributed by atoms with Gasteiger partial charge in [0.2, 0.25) is 5.91 Å².